The van der Waals surface area contributed by atoms with Crippen molar-refractivity contribution in [1.29, 1.82) is 0 Å². The van der Waals surface area contributed by atoms with E-state index in [1.54, 1.807) is 0 Å². The maximum absolute atomic E-state index is 6.08. The molecule has 1 nitrogen and oxygen atoms in total. The average molecular weight is 263 g/mol. The fourth-order valence-electron chi connectivity index (χ4n) is 1.13. The number of halogens is 2. The second-order valence-corrected chi connectivity index (χ2v) is 5.04. The summed E-state index contributed by atoms with van der Waals surface area (Å²) in [5, 5.41) is 0.777. The highest BCUT2D eigenvalue weighted by molar-refractivity contribution is 9.10. The van der Waals surface area contributed by atoms with Gasteiger partial charge in [0, 0.05) is 21.5 Å². The Morgan fingerprint density at radius 3 is 2.62 bits per heavy atom. The van der Waals surface area contributed by atoms with Gasteiger partial charge in [0.05, 0.1) is 0 Å². The van der Waals surface area contributed by atoms with Gasteiger partial charge in [-0.3, -0.25) is 0 Å². The SMILES string of the molecule is CC(C)(CN)c1cc(Br)ccc1Cl. The highest BCUT2D eigenvalue weighted by atomic mass is 79.9. The largest absolute Gasteiger partial charge is 0.330 e. The van der Waals surface area contributed by atoms with Crippen molar-refractivity contribution in [2.24, 2.45) is 5.73 Å². The minimum absolute atomic E-state index is 0.0686. The van der Waals surface area contributed by atoms with Crippen LogP contribution in [0, 0.1) is 0 Å². The van der Waals surface area contributed by atoms with Gasteiger partial charge >= 0.3 is 0 Å². The van der Waals surface area contributed by atoms with Crippen molar-refractivity contribution in [2.75, 3.05) is 6.54 Å². The van der Waals surface area contributed by atoms with Crippen LogP contribution in [0.1, 0.15) is 19.4 Å². The summed E-state index contributed by atoms with van der Waals surface area (Å²) in [5.74, 6) is 0. The Balaban J connectivity index is 3.20. The van der Waals surface area contributed by atoms with Gasteiger partial charge in [-0.2, -0.15) is 0 Å². The van der Waals surface area contributed by atoms with Gasteiger partial charge in [-0.25, -0.2) is 0 Å². The van der Waals surface area contributed by atoms with Gasteiger partial charge in [0.2, 0.25) is 0 Å². The molecule has 1 rings (SSSR count). The number of benzene rings is 1. The zero-order chi connectivity index (χ0) is 10.1. The smallest absolute Gasteiger partial charge is 0.0444 e. The van der Waals surface area contributed by atoms with E-state index in [2.05, 4.69) is 29.8 Å². The normalized spacial score (nSPS) is 11.8. The first kappa shape index (κ1) is 11.0. The van der Waals surface area contributed by atoms with E-state index in [0.29, 0.717) is 6.54 Å². The van der Waals surface area contributed by atoms with Crippen molar-refractivity contribution < 1.29 is 0 Å². The predicted octanol–water partition coefficient (Wildman–Crippen LogP) is 3.34. The third-order valence-corrected chi connectivity index (χ3v) is 2.99. The Kier molecular flexibility index (Phi) is 3.38. The summed E-state index contributed by atoms with van der Waals surface area (Å²) < 4.78 is 1.04. The van der Waals surface area contributed by atoms with Gasteiger partial charge in [-0.15, -0.1) is 0 Å². The molecule has 0 saturated heterocycles. The molecule has 0 aliphatic heterocycles. The minimum Gasteiger partial charge on any atom is -0.330 e. The molecule has 72 valence electrons. The van der Waals surface area contributed by atoms with Crippen molar-refractivity contribution in [1.82, 2.24) is 0 Å². The van der Waals surface area contributed by atoms with E-state index in [9.17, 15) is 0 Å². The van der Waals surface area contributed by atoms with E-state index in [1.165, 1.54) is 0 Å². The lowest BCUT2D eigenvalue weighted by Crippen LogP contribution is -2.28. The zero-order valence-corrected chi connectivity index (χ0v) is 10.1. The second-order valence-electron chi connectivity index (χ2n) is 3.71. The van der Waals surface area contributed by atoms with Gasteiger partial charge in [0.15, 0.2) is 0 Å². The monoisotopic (exact) mass is 261 g/mol. The fourth-order valence-corrected chi connectivity index (χ4v) is 1.86. The van der Waals surface area contributed by atoms with Crippen LogP contribution in [0.4, 0.5) is 0 Å². The second kappa shape index (κ2) is 3.99. The molecule has 0 aromatic heterocycles. The molecule has 0 unspecified atom stereocenters. The molecule has 1 aromatic carbocycles. The van der Waals surface area contributed by atoms with Crippen molar-refractivity contribution >= 4 is 27.5 Å². The molecule has 2 N–H and O–H groups in total. The average Bonchev–Trinajstić information content (AvgIpc) is 2.09. The molecule has 1 aromatic rings. The Hall–Kier alpha value is -0.0500. The summed E-state index contributed by atoms with van der Waals surface area (Å²) in [6, 6.07) is 5.84. The Labute approximate surface area is 92.4 Å². The van der Waals surface area contributed by atoms with Crippen LogP contribution in [0.3, 0.4) is 0 Å². The van der Waals surface area contributed by atoms with Crippen molar-refractivity contribution in [2.45, 2.75) is 19.3 Å². The molecule has 0 aliphatic rings. The number of rotatable bonds is 2. The van der Waals surface area contributed by atoms with Crippen molar-refractivity contribution in [3.05, 3.63) is 33.3 Å². The molecule has 0 spiro atoms. The topological polar surface area (TPSA) is 26.0 Å². The van der Waals surface area contributed by atoms with E-state index in [0.717, 1.165) is 15.1 Å². The Morgan fingerprint density at radius 2 is 2.08 bits per heavy atom. The molecule has 0 bridgehead atoms. The molecule has 0 aliphatic carbocycles. The van der Waals surface area contributed by atoms with Crippen LogP contribution >= 0.6 is 27.5 Å². The molecule has 0 saturated carbocycles. The number of hydrogen-bond acceptors (Lipinski definition) is 1. The molecule has 13 heavy (non-hydrogen) atoms. The first-order valence-electron chi connectivity index (χ1n) is 4.13. The standard InChI is InChI=1S/C10H13BrClN/c1-10(2,6-13)8-5-7(11)3-4-9(8)12/h3-5H,6,13H2,1-2H3. The Bertz CT molecular complexity index is 310. The zero-order valence-electron chi connectivity index (χ0n) is 7.77. The summed E-state index contributed by atoms with van der Waals surface area (Å²) in [7, 11) is 0. The van der Waals surface area contributed by atoms with E-state index >= 15 is 0 Å². The molecular weight excluding hydrogens is 249 g/mol. The van der Waals surface area contributed by atoms with Crippen LogP contribution in [0.15, 0.2) is 22.7 Å². The van der Waals surface area contributed by atoms with Crippen LogP contribution in [-0.2, 0) is 5.41 Å². The maximum atomic E-state index is 6.08. The van der Waals surface area contributed by atoms with Crippen molar-refractivity contribution in [3.8, 4) is 0 Å². The molecule has 0 radical (unpaired) electrons. The van der Waals surface area contributed by atoms with Gasteiger partial charge in [-0.05, 0) is 23.8 Å². The van der Waals surface area contributed by atoms with E-state index in [4.69, 9.17) is 17.3 Å². The van der Waals surface area contributed by atoms with Gasteiger partial charge in [-0.1, -0.05) is 41.4 Å². The molecule has 3 heteroatoms. The van der Waals surface area contributed by atoms with Gasteiger partial charge < -0.3 is 5.73 Å². The first-order chi connectivity index (χ1) is 5.97. The summed E-state index contributed by atoms with van der Waals surface area (Å²) in [6.07, 6.45) is 0. The fraction of sp³-hybridized carbons (Fsp3) is 0.400. The summed E-state index contributed by atoms with van der Waals surface area (Å²) in [5.41, 5.74) is 6.70. The molecule has 0 amide bonds. The van der Waals surface area contributed by atoms with E-state index < -0.39 is 0 Å². The highest BCUT2D eigenvalue weighted by Gasteiger charge is 2.21. The number of nitrogens with two attached hydrogens (primary N) is 1. The third-order valence-electron chi connectivity index (χ3n) is 2.17. The van der Waals surface area contributed by atoms with Crippen LogP contribution in [-0.4, -0.2) is 6.54 Å². The lowest BCUT2D eigenvalue weighted by Gasteiger charge is -2.24. The predicted molar refractivity (Wildman–Crippen MR) is 61.2 cm³/mol. The summed E-state index contributed by atoms with van der Waals surface area (Å²) >= 11 is 9.50. The molecule has 0 fully saturated rings. The quantitative estimate of drug-likeness (QED) is 0.869. The maximum Gasteiger partial charge on any atom is 0.0444 e. The van der Waals surface area contributed by atoms with Crippen LogP contribution < -0.4 is 5.73 Å². The van der Waals surface area contributed by atoms with Crippen LogP contribution in [0.5, 0.6) is 0 Å². The van der Waals surface area contributed by atoms with E-state index in [1.807, 2.05) is 18.2 Å². The minimum atomic E-state index is -0.0686. The molecule has 0 atom stereocenters. The summed E-state index contributed by atoms with van der Waals surface area (Å²) in [6.45, 7) is 4.75. The van der Waals surface area contributed by atoms with Gasteiger partial charge in [0.1, 0.15) is 0 Å². The molecule has 0 heterocycles. The van der Waals surface area contributed by atoms with Crippen LogP contribution in [0.25, 0.3) is 0 Å². The van der Waals surface area contributed by atoms with E-state index in [-0.39, 0.29) is 5.41 Å². The lowest BCUT2D eigenvalue weighted by molar-refractivity contribution is 0.539. The highest BCUT2D eigenvalue weighted by Crippen LogP contribution is 2.31. The Morgan fingerprint density at radius 1 is 1.46 bits per heavy atom. The molecular formula is C10H13BrClN. The summed E-state index contributed by atoms with van der Waals surface area (Å²) in [4.78, 5) is 0. The van der Waals surface area contributed by atoms with Crippen LogP contribution in [0.2, 0.25) is 5.02 Å². The first-order valence-corrected chi connectivity index (χ1v) is 5.30. The lowest BCUT2D eigenvalue weighted by atomic mass is 9.85. The number of hydrogen-bond donors (Lipinski definition) is 1. The van der Waals surface area contributed by atoms with Gasteiger partial charge in [0.25, 0.3) is 0 Å². The third kappa shape index (κ3) is 2.46. The van der Waals surface area contributed by atoms with Crippen molar-refractivity contribution in [3.63, 3.8) is 0 Å².